The summed E-state index contributed by atoms with van der Waals surface area (Å²) in [6.07, 6.45) is 0.0711. The molecule has 7 heteroatoms. The molecule has 0 aliphatic rings. The van der Waals surface area contributed by atoms with Crippen molar-refractivity contribution in [1.82, 2.24) is 5.43 Å². The van der Waals surface area contributed by atoms with Crippen LogP contribution in [0.3, 0.4) is 0 Å². The molecule has 112 valence electrons. The van der Waals surface area contributed by atoms with Crippen molar-refractivity contribution in [3.8, 4) is 0 Å². The van der Waals surface area contributed by atoms with Gasteiger partial charge in [0.25, 0.3) is 0 Å². The summed E-state index contributed by atoms with van der Waals surface area (Å²) in [7, 11) is 0. The fraction of sp³-hybridized carbons (Fsp3) is 0.143. The first-order chi connectivity index (χ1) is 9.93. The fourth-order valence-electron chi connectivity index (χ4n) is 1.96. The third kappa shape index (κ3) is 3.81. The van der Waals surface area contributed by atoms with Crippen molar-refractivity contribution < 1.29 is 8.78 Å². The maximum atomic E-state index is 14.0. The van der Waals surface area contributed by atoms with Crippen LogP contribution in [0.1, 0.15) is 17.2 Å². The topological polar surface area (TPSA) is 38.0 Å². The summed E-state index contributed by atoms with van der Waals surface area (Å²) in [5.41, 5.74) is 3.32. The molecule has 0 bridgehead atoms. The molecule has 1 unspecified atom stereocenters. The fourth-order valence-corrected chi connectivity index (χ4v) is 2.85. The van der Waals surface area contributed by atoms with Gasteiger partial charge in [-0.3, -0.25) is 11.3 Å². The molecule has 0 heterocycles. The second kappa shape index (κ2) is 7.15. The van der Waals surface area contributed by atoms with Gasteiger partial charge >= 0.3 is 0 Å². The van der Waals surface area contributed by atoms with Gasteiger partial charge in [0, 0.05) is 10.0 Å². The Balaban J connectivity index is 2.35. The van der Waals surface area contributed by atoms with E-state index in [2.05, 4.69) is 37.3 Å². The number of halogens is 5. The Kier molecular flexibility index (Phi) is 5.73. The quantitative estimate of drug-likeness (QED) is 0.404. The number of hydrogen-bond donors (Lipinski definition) is 2. The van der Waals surface area contributed by atoms with Crippen LogP contribution in [0.25, 0.3) is 0 Å². The molecule has 3 N–H and O–H groups in total. The van der Waals surface area contributed by atoms with Crippen LogP contribution in [0, 0.1) is 11.6 Å². The third-order valence-corrected chi connectivity index (χ3v) is 4.92. The zero-order chi connectivity index (χ0) is 15.6. The third-order valence-electron chi connectivity index (χ3n) is 3.09. The van der Waals surface area contributed by atoms with E-state index in [1.54, 1.807) is 18.2 Å². The molecule has 0 aliphatic carbocycles. The zero-order valence-electron chi connectivity index (χ0n) is 10.6. The smallest absolute Gasteiger partial charge is 0.143 e. The molecule has 21 heavy (non-hydrogen) atoms. The molecule has 0 amide bonds. The monoisotopic (exact) mass is 438 g/mol. The summed E-state index contributed by atoms with van der Waals surface area (Å²) in [6, 6.07) is 7.31. The highest BCUT2D eigenvalue weighted by atomic mass is 79.9. The van der Waals surface area contributed by atoms with Crippen LogP contribution in [0.2, 0.25) is 5.02 Å². The van der Waals surface area contributed by atoms with E-state index >= 15 is 0 Å². The Morgan fingerprint density at radius 2 is 1.86 bits per heavy atom. The van der Waals surface area contributed by atoms with Gasteiger partial charge in [-0.25, -0.2) is 8.78 Å². The highest BCUT2D eigenvalue weighted by Crippen LogP contribution is 2.29. The Bertz CT molecular complexity index is 668. The summed E-state index contributed by atoms with van der Waals surface area (Å²) in [5.74, 6) is 4.29. The van der Waals surface area contributed by atoms with Crippen molar-refractivity contribution in [2.24, 2.45) is 5.84 Å². The number of hydrazine groups is 1. The molecule has 0 saturated heterocycles. The Hall–Kier alpha value is -0.530. The van der Waals surface area contributed by atoms with Crippen molar-refractivity contribution >= 4 is 43.5 Å². The van der Waals surface area contributed by atoms with Gasteiger partial charge in [-0.2, -0.15) is 0 Å². The largest absolute Gasteiger partial charge is 0.271 e. The predicted molar refractivity (Wildman–Crippen MR) is 87.0 cm³/mol. The van der Waals surface area contributed by atoms with Crippen molar-refractivity contribution in [3.63, 3.8) is 0 Å². The van der Waals surface area contributed by atoms with Crippen molar-refractivity contribution in [2.75, 3.05) is 0 Å². The molecule has 0 radical (unpaired) electrons. The number of rotatable bonds is 4. The summed E-state index contributed by atoms with van der Waals surface area (Å²) in [4.78, 5) is 0. The van der Waals surface area contributed by atoms with Gasteiger partial charge in [-0.1, -0.05) is 17.7 Å². The van der Waals surface area contributed by atoms with Crippen LogP contribution in [0.4, 0.5) is 8.78 Å². The minimum absolute atomic E-state index is 0.0293. The second-order valence-electron chi connectivity index (χ2n) is 4.42. The lowest BCUT2D eigenvalue weighted by molar-refractivity contribution is 0.498. The summed E-state index contributed by atoms with van der Waals surface area (Å²) in [6.45, 7) is 0. The number of benzene rings is 2. The first kappa shape index (κ1) is 16.8. The molecule has 1 atom stereocenters. The summed E-state index contributed by atoms with van der Waals surface area (Å²) < 4.78 is 28.8. The Labute approximate surface area is 142 Å². The average molecular weight is 441 g/mol. The molecular formula is C14H11Br2ClF2N2. The van der Waals surface area contributed by atoms with E-state index in [9.17, 15) is 8.78 Å². The minimum Gasteiger partial charge on any atom is -0.271 e. The first-order valence-electron chi connectivity index (χ1n) is 5.97. The van der Waals surface area contributed by atoms with E-state index in [1.807, 2.05) is 0 Å². The highest BCUT2D eigenvalue weighted by Gasteiger charge is 2.19. The number of nitrogens with two attached hydrogens (primary N) is 1. The molecule has 0 aromatic heterocycles. The normalized spacial score (nSPS) is 12.5. The van der Waals surface area contributed by atoms with E-state index < -0.39 is 17.7 Å². The molecule has 0 aliphatic heterocycles. The second-order valence-corrected chi connectivity index (χ2v) is 6.53. The molecule has 0 fully saturated rings. The van der Waals surface area contributed by atoms with Crippen LogP contribution in [-0.2, 0) is 6.42 Å². The van der Waals surface area contributed by atoms with E-state index in [1.165, 1.54) is 12.1 Å². The average Bonchev–Trinajstić information content (AvgIpc) is 2.47. The number of nitrogens with one attached hydrogen (secondary N) is 1. The van der Waals surface area contributed by atoms with Crippen molar-refractivity contribution in [1.29, 1.82) is 0 Å². The molecule has 0 spiro atoms. The highest BCUT2D eigenvalue weighted by molar-refractivity contribution is 9.10. The molecular weight excluding hydrogens is 429 g/mol. The van der Waals surface area contributed by atoms with Crippen molar-refractivity contribution in [2.45, 2.75) is 12.5 Å². The van der Waals surface area contributed by atoms with Gasteiger partial charge in [0.05, 0.1) is 15.5 Å². The van der Waals surface area contributed by atoms with Crippen molar-refractivity contribution in [3.05, 3.63) is 67.1 Å². The van der Waals surface area contributed by atoms with Crippen LogP contribution in [-0.4, -0.2) is 0 Å². The molecule has 2 aromatic rings. The zero-order valence-corrected chi connectivity index (χ0v) is 14.6. The molecule has 2 rings (SSSR count). The van der Waals surface area contributed by atoms with E-state index in [0.717, 1.165) is 5.56 Å². The lowest BCUT2D eigenvalue weighted by Gasteiger charge is -2.18. The number of hydrogen-bond acceptors (Lipinski definition) is 2. The van der Waals surface area contributed by atoms with E-state index in [4.69, 9.17) is 17.4 Å². The molecule has 2 nitrogen and oxygen atoms in total. The van der Waals surface area contributed by atoms with Crippen LogP contribution < -0.4 is 11.3 Å². The van der Waals surface area contributed by atoms with Crippen LogP contribution in [0.15, 0.2) is 39.3 Å². The standard InChI is InChI=1S/C14H11Br2ClF2N2/c15-9-2-4-12(18)8(14(9)19)6-13(21-20)7-1-3-11(17)10(16)5-7/h1-5,13,21H,6,20H2. The van der Waals surface area contributed by atoms with Gasteiger partial charge in [0.15, 0.2) is 0 Å². The summed E-state index contributed by atoms with van der Waals surface area (Å²) in [5, 5.41) is 0.550. The Morgan fingerprint density at radius 3 is 2.48 bits per heavy atom. The first-order valence-corrected chi connectivity index (χ1v) is 7.94. The van der Waals surface area contributed by atoms with Gasteiger partial charge in [-0.05, 0) is 68.1 Å². The lowest BCUT2D eigenvalue weighted by atomic mass is 9.98. The molecule has 2 aromatic carbocycles. The van der Waals surface area contributed by atoms with Gasteiger partial charge in [0.1, 0.15) is 11.6 Å². The SMILES string of the molecule is NNC(Cc1c(F)ccc(Br)c1F)c1ccc(Cl)c(Br)c1. The lowest BCUT2D eigenvalue weighted by Crippen LogP contribution is -2.30. The summed E-state index contributed by atoms with van der Waals surface area (Å²) >= 11 is 12.3. The van der Waals surface area contributed by atoms with Gasteiger partial charge in [-0.15, -0.1) is 0 Å². The Morgan fingerprint density at radius 1 is 1.14 bits per heavy atom. The van der Waals surface area contributed by atoms with Gasteiger partial charge in [0.2, 0.25) is 0 Å². The van der Waals surface area contributed by atoms with E-state index in [0.29, 0.717) is 9.50 Å². The van der Waals surface area contributed by atoms with Crippen LogP contribution >= 0.6 is 43.5 Å². The molecule has 0 saturated carbocycles. The van der Waals surface area contributed by atoms with E-state index in [-0.39, 0.29) is 16.5 Å². The van der Waals surface area contributed by atoms with Crippen LogP contribution in [0.5, 0.6) is 0 Å². The predicted octanol–water partition coefficient (Wildman–Crippen LogP) is 4.89. The maximum Gasteiger partial charge on any atom is 0.143 e. The maximum absolute atomic E-state index is 14.0. The minimum atomic E-state index is -0.622. The van der Waals surface area contributed by atoms with Gasteiger partial charge < -0.3 is 0 Å².